The molecule has 7 heteroatoms. The summed E-state index contributed by atoms with van der Waals surface area (Å²) in [6.45, 7) is 3.83. The molecule has 0 amide bonds. The minimum Gasteiger partial charge on any atom is -0.351 e. The number of imidazole rings is 1. The van der Waals surface area contributed by atoms with Crippen molar-refractivity contribution in [2.75, 3.05) is 0 Å². The second-order valence-corrected chi connectivity index (χ2v) is 5.82. The third kappa shape index (κ3) is 2.08. The van der Waals surface area contributed by atoms with Gasteiger partial charge in [0.15, 0.2) is 18.0 Å². The molecule has 0 saturated carbocycles. The minimum atomic E-state index is -1.11. The number of hydrogen-bond donors (Lipinski definition) is 0. The molecule has 0 unspecified atom stereocenters. The molecule has 4 nitrogen and oxygen atoms in total. The van der Waals surface area contributed by atoms with E-state index in [0.717, 1.165) is 6.42 Å². The van der Waals surface area contributed by atoms with Gasteiger partial charge >= 0.3 is 0 Å². The Labute approximate surface area is 125 Å². The molecule has 0 aliphatic carbocycles. The van der Waals surface area contributed by atoms with Crippen molar-refractivity contribution >= 4 is 34.4 Å². The van der Waals surface area contributed by atoms with Crippen LogP contribution in [0.25, 0.3) is 11.2 Å². The molecule has 0 aromatic carbocycles. The van der Waals surface area contributed by atoms with Gasteiger partial charge in [-0.2, -0.15) is 0 Å². The van der Waals surface area contributed by atoms with E-state index in [-0.39, 0.29) is 17.2 Å². The Morgan fingerprint density at radius 2 is 2.20 bits per heavy atom. The first-order valence-electron chi connectivity index (χ1n) is 6.51. The molecule has 108 valence electrons. The Bertz CT molecular complexity index is 648. The highest BCUT2D eigenvalue weighted by atomic mass is 35.5. The predicted molar refractivity (Wildman–Crippen MR) is 75.8 cm³/mol. The Morgan fingerprint density at radius 3 is 2.85 bits per heavy atom. The molecule has 0 spiro atoms. The van der Waals surface area contributed by atoms with Gasteiger partial charge in [-0.3, -0.25) is 4.57 Å². The normalized spacial score (nSPS) is 30.2. The maximum absolute atomic E-state index is 14.4. The van der Waals surface area contributed by atoms with Crippen molar-refractivity contribution in [1.29, 1.82) is 0 Å². The van der Waals surface area contributed by atoms with Crippen molar-refractivity contribution in [1.82, 2.24) is 14.5 Å². The van der Waals surface area contributed by atoms with Crippen LogP contribution in [0.3, 0.4) is 0 Å². The lowest BCUT2D eigenvalue weighted by atomic mass is 10.00. The summed E-state index contributed by atoms with van der Waals surface area (Å²) in [4.78, 5) is 8.36. The first-order chi connectivity index (χ1) is 9.52. The van der Waals surface area contributed by atoms with Gasteiger partial charge in [-0.25, -0.2) is 14.4 Å². The number of ether oxygens (including phenoxy) is 1. The van der Waals surface area contributed by atoms with Crippen LogP contribution in [0, 0.1) is 5.92 Å². The Morgan fingerprint density at radius 1 is 1.45 bits per heavy atom. The lowest BCUT2D eigenvalue weighted by molar-refractivity contribution is -0.0186. The Hall–Kier alpha value is -0.910. The van der Waals surface area contributed by atoms with E-state index in [9.17, 15) is 4.39 Å². The van der Waals surface area contributed by atoms with E-state index >= 15 is 0 Å². The molecule has 0 radical (unpaired) electrons. The van der Waals surface area contributed by atoms with Gasteiger partial charge < -0.3 is 4.74 Å². The van der Waals surface area contributed by atoms with E-state index in [1.165, 1.54) is 12.4 Å². The maximum atomic E-state index is 14.4. The second-order valence-electron chi connectivity index (χ2n) is 5.03. The van der Waals surface area contributed by atoms with Gasteiger partial charge in [0, 0.05) is 5.92 Å². The highest BCUT2D eigenvalue weighted by molar-refractivity contribution is 6.37. The summed E-state index contributed by atoms with van der Waals surface area (Å²) in [5, 5.41) is 0.644. The summed E-state index contributed by atoms with van der Waals surface area (Å²) in [7, 11) is 0. The average Bonchev–Trinajstić information content (AvgIpc) is 2.93. The Balaban J connectivity index is 2.07. The highest BCUT2D eigenvalue weighted by Gasteiger charge is 2.43. The third-order valence-electron chi connectivity index (χ3n) is 3.80. The van der Waals surface area contributed by atoms with Crippen LogP contribution in [0.2, 0.25) is 10.2 Å². The molecule has 0 bridgehead atoms. The average molecular weight is 318 g/mol. The molecule has 2 aromatic heterocycles. The lowest BCUT2D eigenvalue weighted by Gasteiger charge is -2.15. The van der Waals surface area contributed by atoms with E-state index in [1.54, 1.807) is 4.57 Å². The number of rotatable bonds is 2. The first kappa shape index (κ1) is 14.0. The number of pyridine rings is 1. The second kappa shape index (κ2) is 5.13. The fourth-order valence-corrected chi connectivity index (χ4v) is 3.14. The third-order valence-corrected chi connectivity index (χ3v) is 4.29. The zero-order chi connectivity index (χ0) is 14.4. The van der Waals surface area contributed by atoms with Gasteiger partial charge in [0.25, 0.3) is 0 Å². The molecule has 0 N–H and O–H groups in total. The van der Waals surface area contributed by atoms with Crippen molar-refractivity contribution in [3.05, 3.63) is 22.6 Å². The van der Waals surface area contributed by atoms with Crippen molar-refractivity contribution in [3.63, 3.8) is 0 Å². The maximum Gasteiger partial charge on any atom is 0.168 e. The zero-order valence-electron chi connectivity index (χ0n) is 11.1. The van der Waals surface area contributed by atoms with Crippen LogP contribution < -0.4 is 0 Å². The smallest absolute Gasteiger partial charge is 0.168 e. The molecule has 20 heavy (non-hydrogen) atoms. The number of aromatic nitrogens is 3. The fourth-order valence-electron chi connectivity index (χ4n) is 2.66. The summed E-state index contributed by atoms with van der Waals surface area (Å²) in [5.41, 5.74) is 0.943. The minimum absolute atomic E-state index is 0.109. The van der Waals surface area contributed by atoms with E-state index in [1.807, 2.05) is 13.8 Å². The molecule has 1 aliphatic rings. The van der Waals surface area contributed by atoms with Crippen LogP contribution in [0.1, 0.15) is 26.5 Å². The molecule has 4 atom stereocenters. The molecular formula is C13H14Cl2FN3O. The molecular weight excluding hydrogens is 304 g/mol. The van der Waals surface area contributed by atoms with Gasteiger partial charge in [-0.05, 0) is 12.5 Å². The topological polar surface area (TPSA) is 39.9 Å². The van der Waals surface area contributed by atoms with Crippen LogP contribution in [-0.4, -0.2) is 26.8 Å². The molecule has 1 fully saturated rings. The van der Waals surface area contributed by atoms with Crippen LogP contribution in [0.4, 0.5) is 4.39 Å². The first-order valence-corrected chi connectivity index (χ1v) is 7.26. The number of halogens is 3. The van der Waals surface area contributed by atoms with Crippen molar-refractivity contribution in [2.24, 2.45) is 5.92 Å². The quantitative estimate of drug-likeness (QED) is 0.785. The predicted octanol–water partition coefficient (Wildman–Crippen LogP) is 4.02. The van der Waals surface area contributed by atoms with Gasteiger partial charge in [0.05, 0.1) is 17.5 Å². The van der Waals surface area contributed by atoms with Crippen LogP contribution in [0.5, 0.6) is 0 Å². The van der Waals surface area contributed by atoms with E-state index < -0.39 is 12.4 Å². The van der Waals surface area contributed by atoms with Crippen molar-refractivity contribution in [2.45, 2.75) is 38.8 Å². The summed E-state index contributed by atoms with van der Waals surface area (Å²) in [6.07, 6.45) is 0.308. The van der Waals surface area contributed by atoms with Crippen LogP contribution in [0.15, 0.2) is 12.4 Å². The zero-order valence-corrected chi connectivity index (χ0v) is 12.6. The highest BCUT2D eigenvalue weighted by Crippen LogP contribution is 2.39. The number of fused-ring (bicyclic) bond motifs is 1. The summed E-state index contributed by atoms with van der Waals surface area (Å²) >= 11 is 12.0. The SMILES string of the molecule is CC[C@H]1O[C@@H](n2cnc3c(Cl)cc(Cl)nc32)[C@@H](F)[C@@H]1C. The summed E-state index contributed by atoms with van der Waals surface area (Å²) in [5.74, 6) is -0.169. The van der Waals surface area contributed by atoms with Crippen LogP contribution in [-0.2, 0) is 4.74 Å². The molecule has 1 aliphatic heterocycles. The number of hydrogen-bond acceptors (Lipinski definition) is 3. The lowest BCUT2D eigenvalue weighted by Crippen LogP contribution is -2.19. The molecule has 2 aromatic rings. The van der Waals surface area contributed by atoms with Gasteiger partial charge in [0.1, 0.15) is 10.7 Å². The molecule has 1 saturated heterocycles. The van der Waals surface area contributed by atoms with E-state index in [2.05, 4.69) is 9.97 Å². The largest absolute Gasteiger partial charge is 0.351 e. The fraction of sp³-hybridized carbons (Fsp3) is 0.538. The molecule has 3 heterocycles. The van der Waals surface area contributed by atoms with Crippen LogP contribution >= 0.6 is 23.2 Å². The number of nitrogens with zero attached hydrogens (tertiary/aromatic N) is 3. The van der Waals surface area contributed by atoms with Crippen molar-refractivity contribution in [3.8, 4) is 0 Å². The van der Waals surface area contributed by atoms with Gasteiger partial charge in [-0.1, -0.05) is 37.0 Å². The van der Waals surface area contributed by atoms with Gasteiger partial charge in [0.2, 0.25) is 0 Å². The van der Waals surface area contributed by atoms with Crippen molar-refractivity contribution < 1.29 is 9.13 Å². The monoisotopic (exact) mass is 317 g/mol. The summed E-state index contributed by atoms with van der Waals surface area (Å²) in [6, 6.07) is 1.52. The van der Waals surface area contributed by atoms with Gasteiger partial charge in [-0.15, -0.1) is 0 Å². The Kier molecular flexibility index (Phi) is 3.60. The van der Waals surface area contributed by atoms with E-state index in [0.29, 0.717) is 16.2 Å². The van der Waals surface area contributed by atoms with E-state index in [4.69, 9.17) is 27.9 Å². The molecule has 3 rings (SSSR count). The number of alkyl halides is 1. The standard InChI is InChI=1S/C13H14Cl2FN3O/c1-3-8-6(2)10(16)13(20-8)19-5-17-11-7(14)4-9(15)18-12(11)19/h4-6,8,10,13H,3H2,1-2H3/t6-,8-,10+,13-/m1/s1. The summed E-state index contributed by atoms with van der Waals surface area (Å²) < 4.78 is 21.8.